The van der Waals surface area contributed by atoms with Crippen molar-refractivity contribution < 1.29 is 9.21 Å². The van der Waals surface area contributed by atoms with Gasteiger partial charge in [-0.05, 0) is 50.2 Å². The molecule has 1 amide bonds. The summed E-state index contributed by atoms with van der Waals surface area (Å²) < 4.78 is 5.57. The third kappa shape index (κ3) is 4.91. The molecule has 0 radical (unpaired) electrons. The van der Waals surface area contributed by atoms with Crippen LogP contribution in [0.15, 0.2) is 53.1 Å². The number of anilines is 2. The van der Waals surface area contributed by atoms with Crippen molar-refractivity contribution in [1.29, 1.82) is 0 Å². The number of benzene rings is 1. The van der Waals surface area contributed by atoms with E-state index in [0.717, 1.165) is 24.5 Å². The van der Waals surface area contributed by atoms with Crippen molar-refractivity contribution in [3.8, 4) is 11.6 Å². The predicted molar refractivity (Wildman–Crippen MR) is 104 cm³/mol. The Morgan fingerprint density at radius 1 is 1.07 bits per heavy atom. The van der Waals surface area contributed by atoms with Gasteiger partial charge in [-0.15, -0.1) is 10.2 Å². The van der Waals surface area contributed by atoms with Gasteiger partial charge in [0.2, 0.25) is 11.8 Å². The second-order valence-electron chi connectivity index (χ2n) is 5.98. The molecule has 0 aliphatic rings. The van der Waals surface area contributed by atoms with E-state index in [2.05, 4.69) is 39.2 Å². The van der Waals surface area contributed by atoms with Gasteiger partial charge in [-0.25, -0.2) is 0 Å². The number of carbonyl (C=O) groups is 1. The third-order valence-electron chi connectivity index (χ3n) is 4.20. The van der Waals surface area contributed by atoms with Crippen molar-refractivity contribution in [2.75, 3.05) is 23.3 Å². The standard InChI is InChI=1S/C20H23N5O2/c1-3-25(4-2)16-10-8-15(9-11-16)22-18(26)12-13-19-23-24-20(27-19)17-7-5-6-14-21-17/h5-11,14H,3-4,12-13H2,1-2H3,(H,22,26). The Kier molecular flexibility index (Phi) is 6.14. The lowest BCUT2D eigenvalue weighted by molar-refractivity contribution is -0.116. The Morgan fingerprint density at radius 2 is 1.85 bits per heavy atom. The number of hydrogen-bond donors (Lipinski definition) is 1. The van der Waals surface area contributed by atoms with Crippen molar-refractivity contribution >= 4 is 17.3 Å². The molecule has 0 atom stereocenters. The molecular weight excluding hydrogens is 342 g/mol. The molecule has 0 bridgehead atoms. The summed E-state index contributed by atoms with van der Waals surface area (Å²) in [7, 11) is 0. The normalized spacial score (nSPS) is 10.6. The van der Waals surface area contributed by atoms with Gasteiger partial charge in [-0.3, -0.25) is 9.78 Å². The number of amides is 1. The van der Waals surface area contributed by atoms with Crippen molar-refractivity contribution in [1.82, 2.24) is 15.2 Å². The van der Waals surface area contributed by atoms with E-state index in [9.17, 15) is 4.79 Å². The largest absolute Gasteiger partial charge is 0.419 e. The van der Waals surface area contributed by atoms with Gasteiger partial charge in [0, 0.05) is 43.5 Å². The van der Waals surface area contributed by atoms with Gasteiger partial charge in [0.25, 0.3) is 5.89 Å². The quantitative estimate of drug-likeness (QED) is 0.657. The molecule has 0 aliphatic carbocycles. The third-order valence-corrected chi connectivity index (χ3v) is 4.20. The molecule has 27 heavy (non-hydrogen) atoms. The van der Waals surface area contributed by atoms with Crippen LogP contribution in [0.4, 0.5) is 11.4 Å². The fourth-order valence-corrected chi connectivity index (χ4v) is 2.74. The summed E-state index contributed by atoms with van der Waals surface area (Å²) in [6.07, 6.45) is 2.31. The number of rotatable bonds is 8. The van der Waals surface area contributed by atoms with Crippen LogP contribution in [0.25, 0.3) is 11.6 Å². The average Bonchev–Trinajstić information content (AvgIpc) is 3.18. The zero-order valence-corrected chi connectivity index (χ0v) is 15.6. The van der Waals surface area contributed by atoms with Crippen molar-refractivity contribution in [2.45, 2.75) is 26.7 Å². The number of aryl methyl sites for hydroxylation is 1. The lowest BCUT2D eigenvalue weighted by Crippen LogP contribution is -2.21. The maximum absolute atomic E-state index is 12.2. The van der Waals surface area contributed by atoms with Crippen LogP contribution in [0.3, 0.4) is 0 Å². The van der Waals surface area contributed by atoms with E-state index in [1.54, 1.807) is 12.3 Å². The summed E-state index contributed by atoms with van der Waals surface area (Å²) in [6.45, 7) is 6.14. The van der Waals surface area contributed by atoms with E-state index in [4.69, 9.17) is 4.42 Å². The molecule has 3 rings (SSSR count). The average molecular weight is 365 g/mol. The van der Waals surface area contributed by atoms with E-state index in [1.807, 2.05) is 36.4 Å². The summed E-state index contributed by atoms with van der Waals surface area (Å²) in [5.41, 5.74) is 2.54. The summed E-state index contributed by atoms with van der Waals surface area (Å²) in [6, 6.07) is 13.3. The number of aromatic nitrogens is 3. The molecule has 0 spiro atoms. The molecule has 0 saturated carbocycles. The molecule has 2 heterocycles. The Bertz CT molecular complexity index is 858. The molecule has 0 unspecified atom stereocenters. The summed E-state index contributed by atoms with van der Waals surface area (Å²) in [5.74, 6) is 0.684. The Hall–Kier alpha value is -3.22. The van der Waals surface area contributed by atoms with E-state index in [1.165, 1.54) is 0 Å². The molecule has 0 fully saturated rings. The first-order chi connectivity index (χ1) is 13.2. The minimum absolute atomic E-state index is 0.0943. The number of hydrogen-bond acceptors (Lipinski definition) is 6. The SMILES string of the molecule is CCN(CC)c1ccc(NC(=O)CCc2nnc(-c3ccccn3)o2)cc1. The molecular formula is C20H23N5O2. The Labute approximate surface area is 158 Å². The van der Waals surface area contributed by atoms with Crippen LogP contribution in [-0.2, 0) is 11.2 Å². The summed E-state index contributed by atoms with van der Waals surface area (Å²) in [5, 5.41) is 10.8. The number of pyridine rings is 1. The Morgan fingerprint density at radius 3 is 2.52 bits per heavy atom. The van der Waals surface area contributed by atoms with Gasteiger partial charge in [-0.1, -0.05) is 6.07 Å². The highest BCUT2D eigenvalue weighted by molar-refractivity contribution is 5.90. The zero-order chi connectivity index (χ0) is 19.1. The zero-order valence-electron chi connectivity index (χ0n) is 15.6. The van der Waals surface area contributed by atoms with Gasteiger partial charge < -0.3 is 14.6 Å². The fraction of sp³-hybridized carbons (Fsp3) is 0.300. The summed E-state index contributed by atoms with van der Waals surface area (Å²) in [4.78, 5) is 18.6. The number of carbonyl (C=O) groups excluding carboxylic acids is 1. The lowest BCUT2D eigenvalue weighted by atomic mass is 10.2. The van der Waals surface area contributed by atoms with E-state index in [0.29, 0.717) is 23.9 Å². The van der Waals surface area contributed by atoms with Gasteiger partial charge >= 0.3 is 0 Å². The molecule has 1 N–H and O–H groups in total. The van der Waals surface area contributed by atoms with Crippen LogP contribution in [0.2, 0.25) is 0 Å². The molecule has 2 aromatic heterocycles. The second-order valence-corrected chi connectivity index (χ2v) is 5.98. The van der Waals surface area contributed by atoms with Gasteiger partial charge in [0.1, 0.15) is 5.69 Å². The molecule has 7 nitrogen and oxygen atoms in total. The molecule has 0 saturated heterocycles. The van der Waals surface area contributed by atoms with Crippen molar-refractivity contribution in [2.24, 2.45) is 0 Å². The molecule has 3 aromatic rings. The van der Waals surface area contributed by atoms with Gasteiger partial charge in [0.15, 0.2) is 0 Å². The van der Waals surface area contributed by atoms with Crippen LogP contribution in [0.1, 0.15) is 26.2 Å². The number of nitrogens with zero attached hydrogens (tertiary/aromatic N) is 4. The van der Waals surface area contributed by atoms with Crippen LogP contribution in [0.5, 0.6) is 0 Å². The van der Waals surface area contributed by atoms with E-state index < -0.39 is 0 Å². The highest BCUT2D eigenvalue weighted by Crippen LogP contribution is 2.18. The monoisotopic (exact) mass is 365 g/mol. The molecule has 0 aliphatic heterocycles. The first-order valence-corrected chi connectivity index (χ1v) is 9.08. The maximum Gasteiger partial charge on any atom is 0.266 e. The van der Waals surface area contributed by atoms with Gasteiger partial charge in [0.05, 0.1) is 0 Å². The van der Waals surface area contributed by atoms with Crippen LogP contribution >= 0.6 is 0 Å². The van der Waals surface area contributed by atoms with E-state index >= 15 is 0 Å². The van der Waals surface area contributed by atoms with Crippen molar-refractivity contribution in [3.63, 3.8) is 0 Å². The van der Waals surface area contributed by atoms with Crippen LogP contribution < -0.4 is 10.2 Å². The smallest absolute Gasteiger partial charge is 0.266 e. The highest BCUT2D eigenvalue weighted by Gasteiger charge is 2.11. The lowest BCUT2D eigenvalue weighted by Gasteiger charge is -2.21. The van der Waals surface area contributed by atoms with Gasteiger partial charge in [-0.2, -0.15) is 0 Å². The Balaban J connectivity index is 1.52. The highest BCUT2D eigenvalue weighted by atomic mass is 16.4. The molecule has 7 heteroatoms. The summed E-state index contributed by atoms with van der Waals surface area (Å²) >= 11 is 0. The maximum atomic E-state index is 12.2. The first kappa shape index (κ1) is 18.6. The minimum Gasteiger partial charge on any atom is -0.419 e. The second kappa shape index (κ2) is 8.93. The topological polar surface area (TPSA) is 84.2 Å². The molecule has 140 valence electrons. The van der Waals surface area contributed by atoms with Crippen molar-refractivity contribution in [3.05, 3.63) is 54.6 Å². The fourth-order valence-electron chi connectivity index (χ4n) is 2.74. The minimum atomic E-state index is -0.0943. The predicted octanol–water partition coefficient (Wildman–Crippen LogP) is 3.55. The number of nitrogens with one attached hydrogen (secondary N) is 1. The van der Waals surface area contributed by atoms with Crippen LogP contribution in [-0.4, -0.2) is 34.2 Å². The van der Waals surface area contributed by atoms with Crippen LogP contribution in [0, 0.1) is 0 Å². The van der Waals surface area contributed by atoms with E-state index in [-0.39, 0.29) is 12.3 Å². The molecule has 1 aromatic carbocycles. The first-order valence-electron chi connectivity index (χ1n) is 9.08.